The third-order valence-electron chi connectivity index (χ3n) is 4.14. The Balaban J connectivity index is 1.64. The van der Waals surface area contributed by atoms with Gasteiger partial charge < -0.3 is 20.5 Å². The van der Waals surface area contributed by atoms with Crippen LogP contribution in [0.25, 0.3) is 0 Å². The van der Waals surface area contributed by atoms with Gasteiger partial charge in [-0.15, -0.1) is 0 Å². The van der Waals surface area contributed by atoms with Gasteiger partial charge in [-0.3, -0.25) is 9.59 Å². The molecule has 0 aliphatic heterocycles. The summed E-state index contributed by atoms with van der Waals surface area (Å²) in [6.07, 6.45) is 0. The van der Waals surface area contributed by atoms with Crippen LogP contribution in [0, 0.1) is 0 Å². The predicted octanol–water partition coefficient (Wildman–Crippen LogP) is 1.41. The average molecular weight is 354 g/mol. The highest BCUT2D eigenvalue weighted by Gasteiger charge is 2.31. The molecule has 0 saturated carbocycles. The molecule has 2 aromatic carbocycles. The molecular formula is C20H22N2O4. The molecule has 0 radical (unpaired) electrons. The van der Waals surface area contributed by atoms with Crippen LogP contribution in [0.3, 0.4) is 0 Å². The van der Waals surface area contributed by atoms with Crippen LogP contribution < -0.4 is 15.8 Å². The van der Waals surface area contributed by atoms with E-state index in [1.54, 1.807) is 42.5 Å². The van der Waals surface area contributed by atoms with Crippen molar-refractivity contribution in [3.63, 3.8) is 0 Å². The molecule has 26 heavy (non-hydrogen) atoms. The minimum Gasteiger partial charge on any atom is -0.490 e. The molecule has 0 fully saturated rings. The van der Waals surface area contributed by atoms with Crippen LogP contribution in [0.2, 0.25) is 0 Å². The molecule has 136 valence electrons. The first-order valence-corrected chi connectivity index (χ1v) is 8.67. The van der Waals surface area contributed by atoms with E-state index in [0.29, 0.717) is 54.4 Å². The van der Waals surface area contributed by atoms with E-state index in [-0.39, 0.29) is 11.6 Å². The molecular weight excluding hydrogens is 332 g/mol. The number of benzene rings is 2. The number of hydrogen-bond acceptors (Lipinski definition) is 6. The molecule has 3 rings (SSSR count). The summed E-state index contributed by atoms with van der Waals surface area (Å²) in [5.74, 6) is 0.0841. The highest BCUT2D eigenvalue weighted by Crippen LogP contribution is 2.33. The number of ketones is 2. The lowest BCUT2D eigenvalue weighted by atomic mass is 9.83. The van der Waals surface area contributed by atoms with E-state index in [1.165, 1.54) is 0 Å². The molecule has 0 bridgehead atoms. The Morgan fingerprint density at radius 3 is 2.31 bits per heavy atom. The second-order valence-electron chi connectivity index (χ2n) is 5.88. The van der Waals surface area contributed by atoms with Gasteiger partial charge in [0, 0.05) is 36.3 Å². The lowest BCUT2D eigenvalue weighted by molar-refractivity contribution is 0.0951. The highest BCUT2D eigenvalue weighted by molar-refractivity contribution is 6.29. The van der Waals surface area contributed by atoms with Gasteiger partial charge in [-0.1, -0.05) is 36.4 Å². The van der Waals surface area contributed by atoms with Crippen LogP contribution in [0.1, 0.15) is 31.8 Å². The number of hydrogen-bond donors (Lipinski definition) is 2. The molecule has 6 nitrogen and oxygen atoms in total. The van der Waals surface area contributed by atoms with Gasteiger partial charge >= 0.3 is 0 Å². The largest absolute Gasteiger partial charge is 0.490 e. The van der Waals surface area contributed by atoms with Gasteiger partial charge in [0.15, 0.2) is 11.6 Å². The topological polar surface area (TPSA) is 90.7 Å². The Morgan fingerprint density at radius 1 is 0.808 bits per heavy atom. The molecule has 1 aliphatic rings. The molecule has 0 spiro atoms. The van der Waals surface area contributed by atoms with Crippen LogP contribution >= 0.6 is 0 Å². The van der Waals surface area contributed by atoms with Crippen molar-refractivity contribution in [2.45, 2.75) is 0 Å². The SMILES string of the molecule is NCCNCCOCCOc1cccc2c1C(=O)c1ccccc1C2=O. The van der Waals surface area contributed by atoms with Gasteiger partial charge in [-0.05, 0) is 6.07 Å². The van der Waals surface area contributed by atoms with Crippen molar-refractivity contribution in [1.29, 1.82) is 0 Å². The summed E-state index contributed by atoms with van der Waals surface area (Å²) in [7, 11) is 0. The quantitative estimate of drug-likeness (QED) is 0.565. The van der Waals surface area contributed by atoms with Crippen molar-refractivity contribution >= 4 is 11.6 Å². The first-order chi connectivity index (χ1) is 12.7. The maximum atomic E-state index is 12.8. The van der Waals surface area contributed by atoms with Gasteiger partial charge in [0.2, 0.25) is 0 Å². The second kappa shape index (κ2) is 8.71. The second-order valence-corrected chi connectivity index (χ2v) is 5.88. The molecule has 0 heterocycles. The van der Waals surface area contributed by atoms with E-state index in [0.717, 1.165) is 13.1 Å². The Bertz CT molecular complexity index is 804. The fourth-order valence-corrected chi connectivity index (χ4v) is 2.92. The number of carbonyl (C=O) groups is 2. The van der Waals surface area contributed by atoms with Gasteiger partial charge in [0.05, 0.1) is 18.8 Å². The Kier molecular flexibility index (Phi) is 6.12. The monoisotopic (exact) mass is 354 g/mol. The highest BCUT2D eigenvalue weighted by atomic mass is 16.5. The Morgan fingerprint density at radius 2 is 1.54 bits per heavy atom. The van der Waals surface area contributed by atoms with E-state index in [2.05, 4.69) is 5.32 Å². The molecule has 2 aromatic rings. The number of rotatable bonds is 9. The van der Waals surface area contributed by atoms with E-state index in [4.69, 9.17) is 15.2 Å². The molecule has 0 unspecified atom stereocenters. The minimum absolute atomic E-state index is 0.150. The zero-order chi connectivity index (χ0) is 18.4. The van der Waals surface area contributed by atoms with E-state index in [9.17, 15) is 9.59 Å². The van der Waals surface area contributed by atoms with Crippen molar-refractivity contribution in [2.75, 3.05) is 39.5 Å². The number of nitrogens with one attached hydrogen (secondary N) is 1. The third-order valence-corrected chi connectivity index (χ3v) is 4.14. The fourth-order valence-electron chi connectivity index (χ4n) is 2.92. The average Bonchev–Trinajstić information content (AvgIpc) is 2.68. The predicted molar refractivity (Wildman–Crippen MR) is 98.0 cm³/mol. The maximum absolute atomic E-state index is 12.8. The first kappa shape index (κ1) is 18.3. The van der Waals surface area contributed by atoms with Crippen LogP contribution in [-0.2, 0) is 4.74 Å². The molecule has 0 atom stereocenters. The molecule has 6 heteroatoms. The van der Waals surface area contributed by atoms with Crippen LogP contribution in [0.4, 0.5) is 0 Å². The van der Waals surface area contributed by atoms with Crippen molar-refractivity contribution < 1.29 is 19.1 Å². The zero-order valence-corrected chi connectivity index (χ0v) is 14.5. The number of nitrogens with two attached hydrogens (primary N) is 1. The van der Waals surface area contributed by atoms with Crippen LogP contribution in [-0.4, -0.2) is 51.0 Å². The molecule has 0 aromatic heterocycles. The van der Waals surface area contributed by atoms with Crippen molar-refractivity contribution in [3.8, 4) is 5.75 Å². The standard InChI is InChI=1S/C20H22N2O4/c21-8-9-22-10-11-25-12-13-26-17-7-3-6-16-18(17)20(24)15-5-2-1-4-14(15)19(16)23/h1-7,22H,8-13,21H2. The summed E-state index contributed by atoms with van der Waals surface area (Å²) < 4.78 is 11.2. The summed E-state index contributed by atoms with van der Waals surface area (Å²) in [4.78, 5) is 25.5. The normalized spacial score (nSPS) is 12.7. The summed E-state index contributed by atoms with van der Waals surface area (Å²) in [5, 5.41) is 3.13. The zero-order valence-electron chi connectivity index (χ0n) is 14.5. The summed E-state index contributed by atoms with van der Waals surface area (Å²) in [6.45, 7) is 3.33. The van der Waals surface area contributed by atoms with E-state index in [1.807, 2.05) is 0 Å². The lowest BCUT2D eigenvalue weighted by Crippen LogP contribution is -2.26. The number of carbonyl (C=O) groups excluding carboxylic acids is 2. The van der Waals surface area contributed by atoms with Gasteiger partial charge in [0.25, 0.3) is 0 Å². The first-order valence-electron chi connectivity index (χ1n) is 8.67. The molecule has 1 aliphatic carbocycles. The van der Waals surface area contributed by atoms with Crippen LogP contribution in [0.5, 0.6) is 5.75 Å². The van der Waals surface area contributed by atoms with Crippen molar-refractivity contribution in [3.05, 3.63) is 64.7 Å². The third kappa shape index (κ3) is 3.83. The maximum Gasteiger partial charge on any atom is 0.198 e. The lowest BCUT2D eigenvalue weighted by Gasteiger charge is -2.20. The minimum atomic E-state index is -0.183. The summed E-state index contributed by atoms with van der Waals surface area (Å²) in [5.41, 5.74) is 6.97. The van der Waals surface area contributed by atoms with E-state index >= 15 is 0 Å². The van der Waals surface area contributed by atoms with E-state index < -0.39 is 0 Å². The fraction of sp³-hybridized carbons (Fsp3) is 0.300. The Hall–Kier alpha value is -2.54. The van der Waals surface area contributed by atoms with Gasteiger partial charge in [-0.2, -0.15) is 0 Å². The Labute approximate surface area is 152 Å². The number of fused-ring (bicyclic) bond motifs is 2. The molecule has 0 saturated heterocycles. The van der Waals surface area contributed by atoms with Crippen LogP contribution in [0.15, 0.2) is 42.5 Å². The molecule has 0 amide bonds. The smallest absolute Gasteiger partial charge is 0.198 e. The van der Waals surface area contributed by atoms with Crippen molar-refractivity contribution in [2.24, 2.45) is 5.73 Å². The summed E-state index contributed by atoms with van der Waals surface area (Å²) in [6, 6.07) is 12.0. The summed E-state index contributed by atoms with van der Waals surface area (Å²) >= 11 is 0. The molecule has 3 N–H and O–H groups in total. The van der Waals surface area contributed by atoms with Gasteiger partial charge in [0.1, 0.15) is 12.4 Å². The van der Waals surface area contributed by atoms with Crippen molar-refractivity contribution in [1.82, 2.24) is 5.32 Å². The van der Waals surface area contributed by atoms with Gasteiger partial charge in [-0.25, -0.2) is 0 Å². The number of ether oxygens (including phenoxy) is 2.